The van der Waals surface area contributed by atoms with E-state index in [9.17, 15) is 4.79 Å². The highest BCUT2D eigenvalue weighted by molar-refractivity contribution is 7.22. The Kier molecular flexibility index (Phi) is 7.65. The minimum Gasteiger partial charge on any atom is -0.495 e. The first-order valence-electron chi connectivity index (χ1n) is 11.6. The molecular weight excluding hydrogens is 446 g/mol. The highest BCUT2D eigenvalue weighted by Crippen LogP contribution is 2.40. The Hall–Kier alpha value is -3.16. The number of likely N-dealkylation sites (N-methyl/N-ethyl adjacent to an activating group) is 1. The topological polar surface area (TPSA) is 54.9 Å². The van der Waals surface area contributed by atoms with E-state index in [0.29, 0.717) is 29.4 Å². The van der Waals surface area contributed by atoms with Gasteiger partial charge in [0.15, 0.2) is 5.13 Å². The first kappa shape index (κ1) is 24.0. The minimum absolute atomic E-state index is 0.0282. The number of rotatable bonds is 10. The highest BCUT2D eigenvalue weighted by Gasteiger charge is 2.23. The number of fused-ring (bicyclic) bond motifs is 2. The second kappa shape index (κ2) is 10.8. The molecule has 7 heteroatoms. The van der Waals surface area contributed by atoms with E-state index in [1.807, 2.05) is 41.3 Å². The molecule has 0 aliphatic heterocycles. The van der Waals surface area contributed by atoms with Crippen LogP contribution in [0.1, 0.15) is 19.4 Å². The van der Waals surface area contributed by atoms with Crippen molar-refractivity contribution >= 4 is 43.4 Å². The zero-order chi connectivity index (χ0) is 24.1. The number of thiazole rings is 1. The zero-order valence-electron chi connectivity index (χ0n) is 20.2. The maximum Gasteiger partial charge on any atom is 0.233 e. The van der Waals surface area contributed by atoms with E-state index in [4.69, 9.17) is 14.5 Å². The minimum atomic E-state index is 0.0282. The molecule has 4 aromatic rings. The van der Waals surface area contributed by atoms with Gasteiger partial charge in [0.05, 0.1) is 20.6 Å². The van der Waals surface area contributed by atoms with Gasteiger partial charge < -0.3 is 14.4 Å². The maximum atomic E-state index is 13.7. The van der Waals surface area contributed by atoms with Crippen molar-refractivity contribution in [2.75, 3.05) is 45.3 Å². The van der Waals surface area contributed by atoms with Crippen molar-refractivity contribution in [1.29, 1.82) is 0 Å². The Morgan fingerprint density at radius 1 is 0.912 bits per heavy atom. The molecule has 0 spiro atoms. The van der Waals surface area contributed by atoms with Crippen LogP contribution in [0.5, 0.6) is 11.5 Å². The Labute approximate surface area is 204 Å². The third-order valence-corrected chi connectivity index (χ3v) is 7.28. The Bertz CT molecular complexity index is 1240. The quantitative estimate of drug-likeness (QED) is 0.307. The van der Waals surface area contributed by atoms with Crippen molar-refractivity contribution < 1.29 is 14.3 Å². The lowest BCUT2D eigenvalue weighted by Gasteiger charge is -2.25. The zero-order valence-corrected chi connectivity index (χ0v) is 21.0. The van der Waals surface area contributed by atoms with Crippen LogP contribution in [0.15, 0.2) is 54.6 Å². The maximum absolute atomic E-state index is 13.7. The number of hydrogen-bond acceptors (Lipinski definition) is 6. The average Bonchev–Trinajstić information content (AvgIpc) is 3.31. The van der Waals surface area contributed by atoms with E-state index in [2.05, 4.69) is 36.9 Å². The highest BCUT2D eigenvalue weighted by atomic mass is 32.1. The molecule has 0 unspecified atom stereocenters. The van der Waals surface area contributed by atoms with Crippen molar-refractivity contribution in [2.45, 2.75) is 20.3 Å². The SMILES string of the molecule is CCN(CC)CCN(C(=O)Cc1cccc2ccccc12)c1nc2c(OC)ccc(OC)c2s1. The van der Waals surface area contributed by atoms with Crippen LogP contribution in [0, 0.1) is 0 Å². The Morgan fingerprint density at radius 2 is 1.62 bits per heavy atom. The summed E-state index contributed by atoms with van der Waals surface area (Å²) in [5, 5.41) is 2.90. The van der Waals surface area contributed by atoms with E-state index in [1.165, 1.54) is 11.3 Å². The standard InChI is InChI=1S/C27H31N3O3S/c1-5-29(6-2)16-17-30(24(31)18-20-12-9-11-19-10-7-8-13-21(19)20)27-28-25-22(32-3)14-15-23(33-4)26(25)34-27/h7-15H,5-6,16-18H2,1-4H3. The molecule has 3 aromatic carbocycles. The molecule has 1 amide bonds. The summed E-state index contributed by atoms with van der Waals surface area (Å²) in [7, 11) is 3.27. The number of benzene rings is 3. The number of methoxy groups -OCH3 is 2. The normalized spacial score (nSPS) is 11.3. The lowest BCUT2D eigenvalue weighted by molar-refractivity contribution is -0.118. The van der Waals surface area contributed by atoms with Crippen molar-refractivity contribution in [2.24, 2.45) is 0 Å². The molecule has 178 valence electrons. The second-order valence-electron chi connectivity index (χ2n) is 8.03. The molecule has 0 atom stereocenters. The molecule has 0 radical (unpaired) electrons. The van der Waals surface area contributed by atoms with Crippen LogP contribution in [0.2, 0.25) is 0 Å². The molecule has 4 rings (SSSR count). The van der Waals surface area contributed by atoms with Crippen LogP contribution in [-0.2, 0) is 11.2 Å². The molecule has 1 heterocycles. The first-order chi connectivity index (χ1) is 16.6. The number of amides is 1. The van der Waals surface area contributed by atoms with Crippen molar-refractivity contribution in [3.05, 3.63) is 60.2 Å². The smallest absolute Gasteiger partial charge is 0.233 e. The van der Waals surface area contributed by atoms with Gasteiger partial charge in [0, 0.05) is 13.1 Å². The van der Waals surface area contributed by atoms with Gasteiger partial charge in [-0.05, 0) is 41.6 Å². The van der Waals surface area contributed by atoms with Crippen molar-refractivity contribution in [3.63, 3.8) is 0 Å². The summed E-state index contributed by atoms with van der Waals surface area (Å²) >= 11 is 1.47. The van der Waals surface area contributed by atoms with Gasteiger partial charge in [0.25, 0.3) is 0 Å². The average molecular weight is 478 g/mol. The monoisotopic (exact) mass is 477 g/mol. The summed E-state index contributed by atoms with van der Waals surface area (Å²) in [5.74, 6) is 1.42. The number of anilines is 1. The number of aromatic nitrogens is 1. The number of carbonyl (C=O) groups excluding carboxylic acids is 1. The molecule has 34 heavy (non-hydrogen) atoms. The van der Waals surface area contributed by atoms with Gasteiger partial charge in [0.2, 0.25) is 5.91 Å². The largest absolute Gasteiger partial charge is 0.495 e. The van der Waals surface area contributed by atoms with Crippen LogP contribution >= 0.6 is 11.3 Å². The molecule has 6 nitrogen and oxygen atoms in total. The van der Waals surface area contributed by atoms with Crippen LogP contribution < -0.4 is 14.4 Å². The summed E-state index contributed by atoms with van der Waals surface area (Å²) in [4.78, 5) is 22.7. The fourth-order valence-corrected chi connectivity index (χ4v) is 5.32. The van der Waals surface area contributed by atoms with Gasteiger partial charge in [-0.15, -0.1) is 0 Å². The molecule has 0 saturated carbocycles. The number of carbonyl (C=O) groups is 1. The summed E-state index contributed by atoms with van der Waals surface area (Å²) in [6.07, 6.45) is 0.309. The summed E-state index contributed by atoms with van der Waals surface area (Å²) in [6.45, 7) is 7.49. The van der Waals surface area contributed by atoms with Gasteiger partial charge in [0.1, 0.15) is 21.7 Å². The van der Waals surface area contributed by atoms with E-state index >= 15 is 0 Å². The predicted octanol–water partition coefficient (Wildman–Crippen LogP) is 5.38. The van der Waals surface area contributed by atoms with Crippen LogP contribution in [-0.4, -0.2) is 56.2 Å². The Balaban J connectivity index is 1.72. The number of hydrogen-bond donors (Lipinski definition) is 0. The second-order valence-corrected chi connectivity index (χ2v) is 9.01. The third kappa shape index (κ3) is 4.86. The fourth-order valence-electron chi connectivity index (χ4n) is 4.20. The van der Waals surface area contributed by atoms with Crippen molar-refractivity contribution in [1.82, 2.24) is 9.88 Å². The molecule has 0 N–H and O–H groups in total. The van der Waals surface area contributed by atoms with Crippen LogP contribution in [0.3, 0.4) is 0 Å². The van der Waals surface area contributed by atoms with E-state index in [-0.39, 0.29) is 5.91 Å². The van der Waals surface area contributed by atoms with Gasteiger partial charge in [-0.2, -0.15) is 0 Å². The molecular formula is C27H31N3O3S. The molecule has 0 saturated heterocycles. The Morgan fingerprint density at radius 3 is 2.35 bits per heavy atom. The first-order valence-corrected chi connectivity index (χ1v) is 12.4. The molecule has 0 aliphatic rings. The number of nitrogens with zero attached hydrogens (tertiary/aromatic N) is 3. The molecule has 0 bridgehead atoms. The van der Waals surface area contributed by atoms with Crippen molar-refractivity contribution in [3.8, 4) is 11.5 Å². The third-order valence-electron chi connectivity index (χ3n) is 6.19. The van der Waals surface area contributed by atoms with Gasteiger partial charge in [-0.25, -0.2) is 4.98 Å². The molecule has 0 fully saturated rings. The predicted molar refractivity (Wildman–Crippen MR) is 141 cm³/mol. The summed E-state index contributed by atoms with van der Waals surface area (Å²) in [6, 6.07) is 18.0. The van der Waals surface area contributed by atoms with E-state index in [1.54, 1.807) is 14.2 Å². The molecule has 1 aromatic heterocycles. The summed E-state index contributed by atoms with van der Waals surface area (Å²) in [5.41, 5.74) is 1.74. The number of ether oxygens (including phenoxy) is 2. The lowest BCUT2D eigenvalue weighted by Crippen LogP contribution is -2.39. The molecule has 0 aliphatic carbocycles. The summed E-state index contributed by atoms with van der Waals surface area (Å²) < 4.78 is 12.0. The van der Waals surface area contributed by atoms with Crippen LogP contribution in [0.25, 0.3) is 21.0 Å². The van der Waals surface area contributed by atoms with Gasteiger partial charge in [-0.3, -0.25) is 9.69 Å². The van der Waals surface area contributed by atoms with Gasteiger partial charge >= 0.3 is 0 Å². The lowest BCUT2D eigenvalue weighted by atomic mass is 10.0. The fraction of sp³-hybridized carbons (Fsp3) is 0.333. The van der Waals surface area contributed by atoms with Crippen LogP contribution in [0.4, 0.5) is 5.13 Å². The van der Waals surface area contributed by atoms with E-state index < -0.39 is 0 Å². The van der Waals surface area contributed by atoms with E-state index in [0.717, 1.165) is 46.4 Å². The van der Waals surface area contributed by atoms with Gasteiger partial charge in [-0.1, -0.05) is 67.6 Å².